The van der Waals surface area contributed by atoms with Crippen molar-refractivity contribution in [3.63, 3.8) is 0 Å². The molecule has 2 N–H and O–H groups in total. The summed E-state index contributed by atoms with van der Waals surface area (Å²) >= 11 is 6.14. The van der Waals surface area contributed by atoms with Gasteiger partial charge in [-0.3, -0.25) is 10.1 Å². The highest BCUT2D eigenvalue weighted by atomic mass is 35.5. The molecule has 0 fully saturated rings. The fraction of sp³-hybridized carbons (Fsp3) is 0.471. The van der Waals surface area contributed by atoms with Crippen LogP contribution in [0.3, 0.4) is 0 Å². The van der Waals surface area contributed by atoms with E-state index in [0.717, 1.165) is 6.42 Å². The maximum Gasteiger partial charge on any atom is 0.338 e. The lowest BCUT2D eigenvalue weighted by atomic mass is 10.2. The van der Waals surface area contributed by atoms with Crippen LogP contribution in [0.2, 0.25) is 5.02 Å². The Bertz CT molecular complexity index is 663. The molecule has 8 nitrogen and oxygen atoms in total. The van der Waals surface area contributed by atoms with E-state index < -0.39 is 24.5 Å². The summed E-state index contributed by atoms with van der Waals surface area (Å²) < 4.78 is 15.6. The van der Waals surface area contributed by atoms with Crippen LogP contribution >= 0.6 is 11.6 Å². The van der Waals surface area contributed by atoms with Gasteiger partial charge in [0.05, 0.1) is 23.8 Å². The Morgan fingerprint density at radius 1 is 1.23 bits per heavy atom. The molecule has 0 radical (unpaired) electrons. The molecule has 0 unspecified atom stereocenters. The number of carbonyl (C=O) groups excluding carboxylic acids is 3. The van der Waals surface area contributed by atoms with Crippen LogP contribution in [0, 0.1) is 0 Å². The van der Waals surface area contributed by atoms with Gasteiger partial charge in [-0.05, 0) is 32.4 Å². The predicted octanol–water partition coefficient (Wildman–Crippen LogP) is 2.53. The van der Waals surface area contributed by atoms with E-state index in [-0.39, 0.29) is 22.4 Å². The van der Waals surface area contributed by atoms with Crippen molar-refractivity contribution >= 4 is 29.5 Å². The highest BCUT2D eigenvalue weighted by Gasteiger charge is 2.19. The van der Waals surface area contributed by atoms with E-state index in [1.165, 1.54) is 19.2 Å². The van der Waals surface area contributed by atoms with Crippen molar-refractivity contribution in [2.24, 2.45) is 0 Å². The fourth-order valence-corrected chi connectivity index (χ4v) is 2.10. The van der Waals surface area contributed by atoms with Gasteiger partial charge in [-0.25, -0.2) is 9.59 Å². The number of hydrogen-bond acceptors (Lipinski definition) is 6. The predicted molar refractivity (Wildman–Crippen MR) is 95.9 cm³/mol. The highest BCUT2D eigenvalue weighted by Crippen LogP contribution is 2.37. The number of rotatable bonds is 8. The lowest BCUT2D eigenvalue weighted by molar-refractivity contribution is -0.123. The third kappa shape index (κ3) is 6.79. The number of ether oxygens (including phenoxy) is 3. The maximum absolute atomic E-state index is 12.1. The topological polar surface area (TPSA) is 103 Å². The lowest BCUT2D eigenvalue weighted by Crippen LogP contribution is -2.41. The van der Waals surface area contributed by atoms with Gasteiger partial charge in [0.15, 0.2) is 18.1 Å². The van der Waals surface area contributed by atoms with Crippen molar-refractivity contribution in [2.75, 3.05) is 20.3 Å². The van der Waals surface area contributed by atoms with Gasteiger partial charge in [-0.1, -0.05) is 18.5 Å². The van der Waals surface area contributed by atoms with E-state index in [1.807, 2.05) is 26.1 Å². The van der Waals surface area contributed by atoms with Gasteiger partial charge < -0.3 is 19.5 Å². The Hall–Kier alpha value is -2.48. The van der Waals surface area contributed by atoms with Crippen molar-refractivity contribution in [1.82, 2.24) is 10.6 Å². The van der Waals surface area contributed by atoms with E-state index in [0.29, 0.717) is 12.3 Å². The molecule has 0 aliphatic rings. The zero-order chi connectivity index (χ0) is 19.7. The van der Waals surface area contributed by atoms with Crippen molar-refractivity contribution in [1.29, 1.82) is 0 Å². The van der Waals surface area contributed by atoms with Crippen LogP contribution < -0.4 is 20.1 Å². The van der Waals surface area contributed by atoms with Crippen LogP contribution in [0.15, 0.2) is 12.1 Å². The average molecular weight is 387 g/mol. The van der Waals surface area contributed by atoms with Crippen molar-refractivity contribution in [3.8, 4) is 11.5 Å². The Morgan fingerprint density at radius 3 is 2.50 bits per heavy atom. The number of benzene rings is 1. The Morgan fingerprint density at radius 2 is 1.92 bits per heavy atom. The monoisotopic (exact) mass is 386 g/mol. The van der Waals surface area contributed by atoms with Crippen molar-refractivity contribution in [3.05, 3.63) is 22.7 Å². The lowest BCUT2D eigenvalue weighted by Gasteiger charge is -2.16. The molecule has 0 aliphatic heterocycles. The van der Waals surface area contributed by atoms with Crippen molar-refractivity contribution < 1.29 is 28.6 Å². The van der Waals surface area contributed by atoms with Gasteiger partial charge in [0.2, 0.25) is 0 Å². The smallest absolute Gasteiger partial charge is 0.338 e. The third-order valence-corrected chi connectivity index (χ3v) is 3.22. The summed E-state index contributed by atoms with van der Waals surface area (Å²) in [5.41, 5.74) is 0.0891. The zero-order valence-electron chi connectivity index (χ0n) is 15.2. The standard InChI is InChI=1S/C17H23ClN2O6/c1-5-6-19-17(23)20-14(21)9-25-16(22)11-7-12(18)15(26-10(2)3)13(8-11)24-4/h7-8,10H,5-6,9H2,1-4H3,(H2,19,20,21,23). The van der Waals surface area contributed by atoms with E-state index in [4.69, 9.17) is 25.8 Å². The molecular weight excluding hydrogens is 364 g/mol. The molecule has 0 atom stereocenters. The Balaban J connectivity index is 2.71. The van der Waals surface area contributed by atoms with Crippen molar-refractivity contribution in [2.45, 2.75) is 33.3 Å². The van der Waals surface area contributed by atoms with E-state index >= 15 is 0 Å². The van der Waals surface area contributed by atoms with Gasteiger partial charge in [-0.2, -0.15) is 0 Å². The molecular formula is C17H23ClN2O6. The molecule has 1 aromatic carbocycles. The van der Waals surface area contributed by atoms with E-state index in [1.54, 1.807) is 0 Å². The Labute approximate surface area is 157 Å². The molecule has 0 saturated heterocycles. The number of esters is 1. The largest absolute Gasteiger partial charge is 0.493 e. The first-order valence-electron chi connectivity index (χ1n) is 8.07. The van der Waals surface area contributed by atoms with Crippen LogP contribution in [-0.2, 0) is 9.53 Å². The Kier molecular flexibility index (Phi) is 8.71. The molecule has 1 rings (SSSR count). The summed E-state index contributed by atoms with van der Waals surface area (Å²) in [5.74, 6) is -0.956. The number of hydrogen-bond donors (Lipinski definition) is 2. The van der Waals surface area contributed by atoms with E-state index in [2.05, 4.69) is 5.32 Å². The first-order valence-corrected chi connectivity index (χ1v) is 8.45. The molecule has 26 heavy (non-hydrogen) atoms. The second-order valence-corrected chi connectivity index (χ2v) is 5.94. The average Bonchev–Trinajstić information content (AvgIpc) is 2.58. The second-order valence-electron chi connectivity index (χ2n) is 5.54. The molecule has 0 spiro atoms. The first kappa shape index (κ1) is 21.6. The molecule has 3 amide bonds. The van der Waals surface area contributed by atoms with Crippen LogP contribution in [0.25, 0.3) is 0 Å². The van der Waals surface area contributed by atoms with Gasteiger partial charge in [0, 0.05) is 6.54 Å². The minimum Gasteiger partial charge on any atom is -0.493 e. The van der Waals surface area contributed by atoms with Crippen LogP contribution in [0.5, 0.6) is 11.5 Å². The molecule has 0 saturated carbocycles. The molecule has 0 aliphatic carbocycles. The van der Waals surface area contributed by atoms with Gasteiger partial charge >= 0.3 is 12.0 Å². The molecule has 144 valence electrons. The van der Waals surface area contributed by atoms with Crippen LogP contribution in [-0.4, -0.2) is 44.3 Å². The summed E-state index contributed by atoms with van der Waals surface area (Å²) in [4.78, 5) is 35.1. The SMILES string of the molecule is CCCNC(=O)NC(=O)COC(=O)c1cc(Cl)c(OC(C)C)c(OC)c1. The van der Waals surface area contributed by atoms with Gasteiger partial charge in [0.25, 0.3) is 5.91 Å². The molecule has 0 bridgehead atoms. The quantitative estimate of drug-likeness (QED) is 0.665. The molecule has 0 aromatic heterocycles. The second kappa shape index (κ2) is 10.5. The summed E-state index contributed by atoms with van der Waals surface area (Å²) in [6.45, 7) is 5.35. The van der Waals surface area contributed by atoms with Gasteiger partial charge in [0.1, 0.15) is 0 Å². The number of methoxy groups -OCH3 is 1. The van der Waals surface area contributed by atoms with Crippen LogP contribution in [0.4, 0.5) is 4.79 Å². The summed E-state index contributed by atoms with van der Waals surface area (Å²) in [6, 6.07) is 2.11. The molecule has 1 aromatic rings. The van der Waals surface area contributed by atoms with E-state index in [9.17, 15) is 14.4 Å². The molecule has 0 heterocycles. The minimum absolute atomic E-state index is 0.0891. The fourth-order valence-electron chi connectivity index (χ4n) is 1.85. The summed E-state index contributed by atoms with van der Waals surface area (Å²) in [5, 5.41) is 4.69. The zero-order valence-corrected chi connectivity index (χ0v) is 15.9. The molecule has 9 heteroatoms. The number of nitrogens with one attached hydrogen (secondary N) is 2. The number of carbonyl (C=O) groups is 3. The first-order chi connectivity index (χ1) is 12.3. The highest BCUT2D eigenvalue weighted by molar-refractivity contribution is 6.32. The summed E-state index contributed by atoms with van der Waals surface area (Å²) in [7, 11) is 1.41. The number of amides is 3. The van der Waals surface area contributed by atoms with Crippen LogP contribution in [0.1, 0.15) is 37.6 Å². The third-order valence-electron chi connectivity index (χ3n) is 2.94. The number of urea groups is 1. The maximum atomic E-state index is 12.1. The number of halogens is 1. The van der Waals surface area contributed by atoms with Gasteiger partial charge in [-0.15, -0.1) is 0 Å². The number of imide groups is 1. The minimum atomic E-state index is -0.787. The normalized spacial score (nSPS) is 10.2. The summed E-state index contributed by atoms with van der Waals surface area (Å²) in [6.07, 6.45) is 0.595.